The molecule has 1 unspecified atom stereocenters. The molecule has 1 aliphatic carbocycles. The molecule has 2 aromatic heterocycles. The molecule has 8 nitrogen and oxygen atoms in total. The highest BCUT2D eigenvalue weighted by Crippen LogP contribution is 2.34. The van der Waals surface area contributed by atoms with Gasteiger partial charge >= 0.3 is 12.8 Å². The summed E-state index contributed by atoms with van der Waals surface area (Å²) in [5, 5.41) is 2.13. The number of sulfone groups is 1. The molecule has 15 heteroatoms. The molecule has 3 rings (SSSR count). The first-order valence-electron chi connectivity index (χ1n) is 12.4. The van der Waals surface area contributed by atoms with Gasteiger partial charge < -0.3 is 10.1 Å². The number of carbonyl (C=O) groups is 1. The maximum Gasteiger partial charge on any atom is 0.391 e. The smallest absolute Gasteiger partial charge is 0.391 e. The molecular formula is C24H30ClF5N4O4S. The van der Waals surface area contributed by atoms with Gasteiger partial charge in [-0.2, -0.15) is 22.0 Å². The number of hydrogen-bond donors (Lipinski definition) is 1. The third-order valence-electron chi connectivity index (χ3n) is 6.79. The Labute approximate surface area is 228 Å². The van der Waals surface area contributed by atoms with Crippen LogP contribution in [0.5, 0.6) is 5.75 Å². The number of nitrogens with zero attached hydrogens (tertiary/aromatic N) is 3. The van der Waals surface area contributed by atoms with E-state index >= 15 is 0 Å². The largest absolute Gasteiger partial charge is 0.431 e. The van der Waals surface area contributed by atoms with Crippen LogP contribution in [0.3, 0.4) is 0 Å². The van der Waals surface area contributed by atoms with Gasteiger partial charge in [-0.3, -0.25) is 9.36 Å². The van der Waals surface area contributed by atoms with Gasteiger partial charge in [0.25, 0.3) is 5.91 Å². The fraction of sp³-hybridized carbons (Fsp3) is 0.625. The van der Waals surface area contributed by atoms with Gasteiger partial charge in [-0.15, -0.1) is 0 Å². The summed E-state index contributed by atoms with van der Waals surface area (Å²) >= 11 is 6.46. The van der Waals surface area contributed by atoms with Crippen molar-refractivity contribution in [3.05, 3.63) is 34.5 Å². The van der Waals surface area contributed by atoms with Gasteiger partial charge in [0.15, 0.2) is 17.3 Å². The SMILES string of the molecule is CCc1nc(C(=O)NCC2CCC(S(C)(=O)=O)CC2)c(Cl)n1-c1ncc(CC(C)C(F)(F)F)cc1OC(F)F. The Bertz CT molecular complexity index is 1280. The molecule has 2 heterocycles. The zero-order chi connectivity index (χ0) is 29.1. The molecule has 39 heavy (non-hydrogen) atoms. The molecule has 1 amide bonds. The quantitative estimate of drug-likeness (QED) is 0.378. The van der Waals surface area contributed by atoms with Gasteiger partial charge in [-0.25, -0.2) is 18.4 Å². The summed E-state index contributed by atoms with van der Waals surface area (Å²) in [7, 11) is -3.12. The topological polar surface area (TPSA) is 103 Å². The van der Waals surface area contributed by atoms with Gasteiger partial charge in [0, 0.05) is 25.4 Å². The molecule has 1 atom stereocenters. The Balaban J connectivity index is 1.83. The number of nitrogens with one attached hydrogen (secondary N) is 1. The van der Waals surface area contributed by atoms with Crippen molar-refractivity contribution in [2.75, 3.05) is 12.8 Å². The standard InChI is InChI=1S/C24H30ClF5N4O4S/c1-4-18-33-19(22(35)32-11-14-5-7-16(8-6-14)39(3,36)37)20(25)34(18)21-17(38-23(26)27)10-15(12-31-21)9-13(2)24(28,29)30/h10,12-14,16,23H,4-9,11H2,1-3H3,(H,32,35). The zero-order valence-corrected chi connectivity index (χ0v) is 23.1. The van der Waals surface area contributed by atoms with Gasteiger partial charge in [0.1, 0.15) is 20.8 Å². The Morgan fingerprint density at radius 2 is 1.90 bits per heavy atom. The monoisotopic (exact) mass is 600 g/mol. The van der Waals surface area contributed by atoms with E-state index in [-0.39, 0.29) is 52.2 Å². The number of carbonyl (C=O) groups excluding carboxylic acids is 1. The molecule has 218 valence electrons. The maximum absolute atomic E-state index is 13.2. The molecule has 0 spiro atoms. The minimum absolute atomic E-state index is 0.0251. The average Bonchev–Trinajstić information content (AvgIpc) is 3.17. The molecular weight excluding hydrogens is 571 g/mol. The predicted octanol–water partition coefficient (Wildman–Crippen LogP) is 5.16. The summed E-state index contributed by atoms with van der Waals surface area (Å²) < 4.78 is 94.6. The van der Waals surface area contributed by atoms with Crippen molar-refractivity contribution >= 4 is 27.3 Å². The highest BCUT2D eigenvalue weighted by Gasteiger charge is 2.36. The van der Waals surface area contributed by atoms with Crippen LogP contribution in [0.1, 0.15) is 61.4 Å². The lowest BCUT2D eigenvalue weighted by Gasteiger charge is -2.27. The van der Waals surface area contributed by atoms with Crippen molar-refractivity contribution in [3.8, 4) is 11.6 Å². The number of imidazole rings is 1. The molecule has 0 radical (unpaired) electrons. The van der Waals surface area contributed by atoms with Crippen LogP contribution in [-0.2, 0) is 22.7 Å². The molecule has 1 aliphatic rings. The van der Waals surface area contributed by atoms with E-state index in [1.165, 1.54) is 6.26 Å². The average molecular weight is 601 g/mol. The van der Waals surface area contributed by atoms with Gasteiger partial charge in [0.2, 0.25) is 0 Å². The van der Waals surface area contributed by atoms with Crippen molar-refractivity contribution in [1.29, 1.82) is 0 Å². The van der Waals surface area contributed by atoms with Crippen molar-refractivity contribution in [2.45, 2.75) is 70.4 Å². The van der Waals surface area contributed by atoms with Crippen LogP contribution >= 0.6 is 11.6 Å². The van der Waals surface area contributed by atoms with Crippen LogP contribution in [0.2, 0.25) is 5.15 Å². The number of hydrogen-bond acceptors (Lipinski definition) is 6. The number of aromatic nitrogens is 3. The van der Waals surface area contributed by atoms with Crippen LogP contribution in [0.4, 0.5) is 22.0 Å². The first kappa shape index (κ1) is 31.1. The summed E-state index contributed by atoms with van der Waals surface area (Å²) in [5.74, 6) is -2.86. The summed E-state index contributed by atoms with van der Waals surface area (Å²) in [6, 6.07) is 1.04. The number of amides is 1. The molecule has 0 bridgehead atoms. The zero-order valence-electron chi connectivity index (χ0n) is 21.6. The number of alkyl halides is 5. The first-order valence-corrected chi connectivity index (χ1v) is 14.7. The summed E-state index contributed by atoms with van der Waals surface area (Å²) in [6.07, 6.45) is -0.197. The lowest BCUT2D eigenvalue weighted by atomic mass is 9.89. The van der Waals surface area contributed by atoms with E-state index in [1.807, 2.05) is 0 Å². The molecule has 0 aliphatic heterocycles. The predicted molar refractivity (Wildman–Crippen MR) is 134 cm³/mol. The number of aryl methyl sites for hydroxylation is 1. The molecule has 1 saturated carbocycles. The second-order valence-corrected chi connectivity index (χ2v) is 12.4. The molecule has 0 saturated heterocycles. The van der Waals surface area contributed by atoms with Gasteiger partial charge in [0.05, 0.1) is 11.2 Å². The highest BCUT2D eigenvalue weighted by molar-refractivity contribution is 7.91. The molecule has 0 aromatic carbocycles. The number of pyridine rings is 1. The minimum atomic E-state index is -4.49. The highest BCUT2D eigenvalue weighted by atomic mass is 35.5. The first-order chi connectivity index (χ1) is 18.1. The number of rotatable bonds is 10. The fourth-order valence-electron chi connectivity index (χ4n) is 4.54. The van der Waals surface area contributed by atoms with Crippen LogP contribution in [0.25, 0.3) is 5.82 Å². The van der Waals surface area contributed by atoms with E-state index in [9.17, 15) is 35.2 Å². The van der Waals surface area contributed by atoms with Crippen molar-refractivity contribution in [3.63, 3.8) is 0 Å². The second kappa shape index (κ2) is 12.4. The maximum atomic E-state index is 13.2. The minimum Gasteiger partial charge on any atom is -0.431 e. The van der Waals surface area contributed by atoms with Gasteiger partial charge in [-0.05, 0) is 49.7 Å². The van der Waals surface area contributed by atoms with Crippen LogP contribution in [-0.4, -0.2) is 59.7 Å². The molecule has 2 aromatic rings. The summed E-state index contributed by atoms with van der Waals surface area (Å²) in [4.78, 5) is 21.2. The van der Waals surface area contributed by atoms with E-state index in [1.54, 1.807) is 6.92 Å². The summed E-state index contributed by atoms with van der Waals surface area (Å²) in [5.41, 5.74) is -0.157. The normalized spacial score (nSPS) is 19.2. The lowest BCUT2D eigenvalue weighted by molar-refractivity contribution is -0.169. The van der Waals surface area contributed by atoms with Crippen LogP contribution in [0, 0.1) is 11.8 Å². The Kier molecular flexibility index (Phi) is 9.84. The molecule has 1 N–H and O–H groups in total. The fourth-order valence-corrected chi connectivity index (χ4v) is 5.97. The number of halogens is 6. The molecule has 1 fully saturated rings. The van der Waals surface area contributed by atoms with E-state index in [2.05, 4.69) is 20.0 Å². The summed E-state index contributed by atoms with van der Waals surface area (Å²) in [6.45, 7) is -0.381. The Hall–Kier alpha value is -2.48. The van der Waals surface area contributed by atoms with Crippen molar-refractivity contribution < 1.29 is 39.9 Å². The third kappa shape index (κ3) is 7.80. The number of ether oxygens (including phenoxy) is 1. The van der Waals surface area contributed by atoms with E-state index in [0.717, 1.165) is 23.8 Å². The van der Waals surface area contributed by atoms with Crippen LogP contribution in [0.15, 0.2) is 12.3 Å². The third-order valence-corrected chi connectivity index (χ3v) is 8.82. The van der Waals surface area contributed by atoms with E-state index in [4.69, 9.17) is 11.6 Å². The van der Waals surface area contributed by atoms with Crippen LogP contribution < -0.4 is 10.1 Å². The lowest BCUT2D eigenvalue weighted by Crippen LogP contribution is -2.34. The van der Waals surface area contributed by atoms with Gasteiger partial charge in [-0.1, -0.05) is 25.4 Å². The Morgan fingerprint density at radius 1 is 1.26 bits per heavy atom. The van der Waals surface area contributed by atoms with E-state index in [0.29, 0.717) is 25.7 Å². The van der Waals surface area contributed by atoms with Crippen molar-refractivity contribution in [2.24, 2.45) is 11.8 Å². The Morgan fingerprint density at radius 3 is 2.44 bits per heavy atom. The second-order valence-electron chi connectivity index (χ2n) is 9.73. The van der Waals surface area contributed by atoms with Crippen molar-refractivity contribution in [1.82, 2.24) is 19.9 Å². The van der Waals surface area contributed by atoms with E-state index < -0.39 is 46.6 Å².